The number of methoxy groups -OCH3 is 2. The normalized spacial score (nSPS) is 10.0. The summed E-state index contributed by atoms with van der Waals surface area (Å²) in [5, 5.41) is 0. The fourth-order valence-electron chi connectivity index (χ4n) is 0.731. The summed E-state index contributed by atoms with van der Waals surface area (Å²) in [7, 11) is 2.34. The van der Waals surface area contributed by atoms with Gasteiger partial charge in [0.15, 0.2) is 0 Å². The second-order valence-corrected chi connectivity index (χ2v) is 2.44. The molecule has 0 amide bonds. The van der Waals surface area contributed by atoms with Crippen LogP contribution in [-0.4, -0.2) is 45.4 Å². The molecule has 6 nitrogen and oxygen atoms in total. The molecule has 0 aromatic heterocycles. The molecule has 0 aliphatic carbocycles. The molecule has 0 spiro atoms. The fraction of sp³-hybridized carbons (Fsp3) is 0.750. The summed E-state index contributed by atoms with van der Waals surface area (Å²) in [4.78, 5) is 22.1. The van der Waals surface area contributed by atoms with E-state index in [0.29, 0.717) is 13.0 Å². The van der Waals surface area contributed by atoms with E-state index >= 15 is 0 Å². The van der Waals surface area contributed by atoms with Crippen molar-refractivity contribution >= 4 is 11.9 Å². The lowest BCUT2D eigenvalue weighted by Gasteiger charge is -2.12. The molecule has 0 aliphatic rings. The van der Waals surface area contributed by atoms with Gasteiger partial charge in [0.05, 0.1) is 14.2 Å². The Hall–Kier alpha value is -1.14. The summed E-state index contributed by atoms with van der Waals surface area (Å²) in [5.74, 6) is -1.54. The van der Waals surface area contributed by atoms with Crippen LogP contribution >= 0.6 is 0 Å². The number of hydrogen-bond acceptors (Lipinski definition) is 6. The Morgan fingerprint density at radius 1 is 1.21 bits per heavy atom. The summed E-state index contributed by atoms with van der Waals surface area (Å²) in [6.07, 6.45) is -0.749. The van der Waals surface area contributed by atoms with Gasteiger partial charge in [-0.25, -0.2) is 9.59 Å². The van der Waals surface area contributed by atoms with E-state index in [-0.39, 0.29) is 6.61 Å². The minimum absolute atomic E-state index is 0.214. The Balaban J connectivity index is 4.11. The summed E-state index contributed by atoms with van der Waals surface area (Å²) in [6.45, 7) is 0.639. The van der Waals surface area contributed by atoms with Gasteiger partial charge in [0.25, 0.3) is 6.10 Å². The number of nitrogens with two attached hydrogens (primary N) is 1. The van der Waals surface area contributed by atoms with Gasteiger partial charge < -0.3 is 19.9 Å². The van der Waals surface area contributed by atoms with Crippen molar-refractivity contribution in [3.8, 4) is 0 Å². The molecule has 0 aromatic rings. The number of esters is 2. The predicted octanol–water partition coefficient (Wildman–Crippen LogP) is -0.934. The zero-order valence-corrected chi connectivity index (χ0v) is 8.32. The van der Waals surface area contributed by atoms with E-state index in [2.05, 4.69) is 9.47 Å². The Morgan fingerprint density at radius 2 is 1.71 bits per heavy atom. The largest absolute Gasteiger partial charge is 0.467 e. The van der Waals surface area contributed by atoms with Crippen LogP contribution in [0.25, 0.3) is 0 Å². The van der Waals surface area contributed by atoms with Crippen LogP contribution in [0.1, 0.15) is 6.42 Å². The maximum Gasteiger partial charge on any atom is 0.346 e. The van der Waals surface area contributed by atoms with Gasteiger partial charge in [0.2, 0.25) is 0 Å². The van der Waals surface area contributed by atoms with E-state index < -0.39 is 18.0 Å². The second-order valence-electron chi connectivity index (χ2n) is 2.44. The van der Waals surface area contributed by atoms with Crippen LogP contribution in [0.4, 0.5) is 0 Å². The quantitative estimate of drug-likeness (QED) is 0.342. The van der Waals surface area contributed by atoms with Gasteiger partial charge in [-0.05, 0) is 13.0 Å². The molecule has 0 rings (SSSR count). The topological polar surface area (TPSA) is 87.9 Å². The molecular formula is C8H15NO5. The maximum absolute atomic E-state index is 11.0. The molecule has 0 aliphatic heterocycles. The summed E-state index contributed by atoms with van der Waals surface area (Å²) in [6, 6.07) is 0. The monoisotopic (exact) mass is 205 g/mol. The molecule has 0 heterocycles. The van der Waals surface area contributed by atoms with Gasteiger partial charge in [-0.2, -0.15) is 0 Å². The second kappa shape index (κ2) is 7.28. The highest BCUT2D eigenvalue weighted by molar-refractivity contribution is 5.97. The van der Waals surface area contributed by atoms with E-state index in [1.165, 1.54) is 14.2 Å². The Labute approximate surface area is 82.3 Å². The highest BCUT2D eigenvalue weighted by atomic mass is 16.6. The third kappa shape index (κ3) is 4.20. The molecule has 0 saturated heterocycles. The van der Waals surface area contributed by atoms with E-state index in [1.807, 2.05) is 0 Å². The number of carbonyl (C=O) groups excluding carboxylic acids is 2. The Bertz CT molecular complexity index is 178. The SMILES string of the molecule is COC(=O)C(OCCCN)C(=O)OC. The standard InChI is InChI=1S/C8H15NO5/c1-12-7(10)6(8(11)13-2)14-5-3-4-9/h6H,3-5,9H2,1-2H3. The molecule has 2 N–H and O–H groups in total. The number of rotatable bonds is 6. The van der Waals surface area contributed by atoms with Crippen LogP contribution in [0, 0.1) is 0 Å². The zero-order valence-electron chi connectivity index (χ0n) is 8.32. The molecule has 0 bridgehead atoms. The van der Waals surface area contributed by atoms with Crippen molar-refractivity contribution in [3.63, 3.8) is 0 Å². The van der Waals surface area contributed by atoms with Crippen LogP contribution in [0.2, 0.25) is 0 Å². The van der Waals surface area contributed by atoms with Crippen molar-refractivity contribution < 1.29 is 23.8 Å². The first kappa shape index (κ1) is 12.9. The molecule has 82 valence electrons. The van der Waals surface area contributed by atoms with Crippen LogP contribution in [-0.2, 0) is 23.8 Å². The van der Waals surface area contributed by atoms with Crippen molar-refractivity contribution in [3.05, 3.63) is 0 Å². The molecule has 0 fully saturated rings. The van der Waals surface area contributed by atoms with E-state index in [1.54, 1.807) is 0 Å². The fourth-order valence-corrected chi connectivity index (χ4v) is 0.731. The van der Waals surface area contributed by atoms with Crippen molar-refractivity contribution in [2.24, 2.45) is 5.73 Å². The predicted molar refractivity (Wildman–Crippen MR) is 47.4 cm³/mol. The minimum atomic E-state index is -1.31. The molecular weight excluding hydrogens is 190 g/mol. The third-order valence-corrected chi connectivity index (χ3v) is 1.46. The average Bonchev–Trinajstić information content (AvgIpc) is 2.22. The smallest absolute Gasteiger partial charge is 0.346 e. The average molecular weight is 205 g/mol. The third-order valence-electron chi connectivity index (χ3n) is 1.46. The molecule has 0 saturated carbocycles. The summed E-state index contributed by atoms with van der Waals surface area (Å²) < 4.78 is 13.7. The Morgan fingerprint density at radius 3 is 2.07 bits per heavy atom. The molecule has 0 unspecified atom stereocenters. The summed E-state index contributed by atoms with van der Waals surface area (Å²) >= 11 is 0. The van der Waals surface area contributed by atoms with Crippen molar-refractivity contribution in [2.75, 3.05) is 27.4 Å². The first-order valence-corrected chi connectivity index (χ1v) is 4.14. The van der Waals surface area contributed by atoms with E-state index in [4.69, 9.17) is 10.5 Å². The van der Waals surface area contributed by atoms with Gasteiger partial charge in [-0.1, -0.05) is 0 Å². The Kier molecular flexibility index (Phi) is 6.69. The number of ether oxygens (including phenoxy) is 3. The highest BCUT2D eigenvalue weighted by Crippen LogP contribution is 1.99. The lowest BCUT2D eigenvalue weighted by molar-refractivity contribution is -0.170. The molecule has 0 atom stereocenters. The first-order valence-electron chi connectivity index (χ1n) is 4.14. The van der Waals surface area contributed by atoms with Crippen LogP contribution in [0.5, 0.6) is 0 Å². The lowest BCUT2D eigenvalue weighted by Crippen LogP contribution is -2.35. The van der Waals surface area contributed by atoms with Crippen LogP contribution < -0.4 is 5.73 Å². The minimum Gasteiger partial charge on any atom is -0.467 e. The van der Waals surface area contributed by atoms with Gasteiger partial charge in [-0.15, -0.1) is 0 Å². The summed E-state index contributed by atoms with van der Waals surface area (Å²) in [5.41, 5.74) is 5.22. The van der Waals surface area contributed by atoms with Gasteiger partial charge in [0, 0.05) is 6.61 Å². The van der Waals surface area contributed by atoms with Gasteiger partial charge in [-0.3, -0.25) is 0 Å². The zero-order chi connectivity index (χ0) is 11.0. The first-order chi connectivity index (χ1) is 6.67. The molecule has 6 heteroatoms. The number of hydrogen-bond donors (Lipinski definition) is 1. The van der Waals surface area contributed by atoms with Crippen molar-refractivity contribution in [1.29, 1.82) is 0 Å². The lowest BCUT2D eigenvalue weighted by atomic mass is 10.3. The maximum atomic E-state index is 11.0. The van der Waals surface area contributed by atoms with Crippen LogP contribution in [0.3, 0.4) is 0 Å². The van der Waals surface area contributed by atoms with Gasteiger partial charge >= 0.3 is 11.9 Å². The number of carbonyl (C=O) groups is 2. The molecule has 0 aromatic carbocycles. The van der Waals surface area contributed by atoms with E-state index in [9.17, 15) is 9.59 Å². The molecule has 0 radical (unpaired) electrons. The van der Waals surface area contributed by atoms with Crippen LogP contribution in [0.15, 0.2) is 0 Å². The van der Waals surface area contributed by atoms with Crippen molar-refractivity contribution in [1.82, 2.24) is 0 Å². The van der Waals surface area contributed by atoms with E-state index in [0.717, 1.165) is 0 Å². The van der Waals surface area contributed by atoms with Crippen molar-refractivity contribution in [2.45, 2.75) is 12.5 Å². The molecule has 14 heavy (non-hydrogen) atoms. The van der Waals surface area contributed by atoms with Gasteiger partial charge in [0.1, 0.15) is 0 Å². The highest BCUT2D eigenvalue weighted by Gasteiger charge is 2.29.